The quantitative estimate of drug-likeness (QED) is 0.370. The molecular weight excluding hydrogens is 382 g/mol. The lowest BCUT2D eigenvalue weighted by molar-refractivity contribution is -0.384. The van der Waals surface area contributed by atoms with Crippen LogP contribution in [0.3, 0.4) is 0 Å². The third kappa shape index (κ3) is 4.68. The van der Waals surface area contributed by atoms with Gasteiger partial charge in [-0.15, -0.1) is 0 Å². The van der Waals surface area contributed by atoms with Crippen molar-refractivity contribution in [1.29, 1.82) is 0 Å². The molecule has 0 radical (unpaired) electrons. The van der Waals surface area contributed by atoms with E-state index in [2.05, 4.69) is 14.7 Å². The molecule has 0 aliphatic carbocycles. The van der Waals surface area contributed by atoms with Gasteiger partial charge in [-0.05, 0) is 54.1 Å². The lowest BCUT2D eigenvalue weighted by atomic mass is 10.2. The van der Waals surface area contributed by atoms with Crippen LogP contribution in [0.2, 0.25) is 0 Å². The molecule has 28 heavy (non-hydrogen) atoms. The van der Waals surface area contributed by atoms with Crippen molar-refractivity contribution in [2.24, 2.45) is 0 Å². The Kier molecular flexibility index (Phi) is 5.32. The fourth-order valence-electron chi connectivity index (χ4n) is 2.23. The zero-order valence-corrected chi connectivity index (χ0v) is 15.2. The molecule has 3 aromatic rings. The molecule has 9 nitrogen and oxygen atoms in total. The molecule has 0 saturated heterocycles. The van der Waals surface area contributed by atoms with Crippen molar-refractivity contribution < 1.29 is 13.3 Å². The first kappa shape index (κ1) is 19.0. The van der Waals surface area contributed by atoms with Crippen molar-refractivity contribution >= 4 is 39.5 Å². The molecule has 0 aliphatic heterocycles. The van der Waals surface area contributed by atoms with Crippen molar-refractivity contribution in [3.63, 3.8) is 0 Å². The topological polar surface area (TPSA) is 141 Å². The number of nitrogens with zero attached hydrogens (tertiary/aromatic N) is 3. The summed E-state index contributed by atoms with van der Waals surface area (Å²) >= 11 is 0. The minimum absolute atomic E-state index is 0.00135. The molecule has 1 heterocycles. The maximum atomic E-state index is 12.4. The fourth-order valence-corrected chi connectivity index (χ4v) is 3.18. The number of hydrogen-bond acceptors (Lipinski definition) is 7. The number of anilines is 2. The SMILES string of the molecule is Nc1ccc(S(=O)(=O)Nc2nccc(/C=C/c3ccc([N+](=O)[O-])cc3)n2)cc1. The normalized spacial score (nSPS) is 11.4. The van der Waals surface area contributed by atoms with Gasteiger partial charge >= 0.3 is 0 Å². The second-order valence-electron chi connectivity index (χ2n) is 5.66. The Morgan fingerprint density at radius 2 is 1.68 bits per heavy atom. The standard InChI is InChI=1S/C18H15N5O4S/c19-14-4-9-17(10-5-14)28(26,27)22-18-20-12-11-15(21-18)6-1-13-2-7-16(8-3-13)23(24)25/h1-12H,19H2,(H,20,21,22)/b6-1+. The minimum atomic E-state index is -3.85. The molecule has 0 atom stereocenters. The molecule has 3 rings (SSSR count). The molecular formula is C18H15N5O4S. The molecule has 1 aromatic heterocycles. The summed E-state index contributed by atoms with van der Waals surface area (Å²) < 4.78 is 27.1. The number of hydrogen-bond donors (Lipinski definition) is 2. The van der Waals surface area contributed by atoms with E-state index < -0.39 is 14.9 Å². The van der Waals surface area contributed by atoms with Gasteiger partial charge in [0.2, 0.25) is 5.95 Å². The number of non-ortho nitro benzene ring substituents is 1. The van der Waals surface area contributed by atoms with Gasteiger partial charge in [0, 0.05) is 24.0 Å². The first-order chi connectivity index (χ1) is 13.3. The molecule has 0 fully saturated rings. The molecule has 0 unspecified atom stereocenters. The fraction of sp³-hybridized carbons (Fsp3) is 0. The van der Waals surface area contributed by atoms with Crippen LogP contribution in [0.5, 0.6) is 0 Å². The maximum Gasteiger partial charge on any atom is 0.269 e. The molecule has 0 aliphatic rings. The van der Waals surface area contributed by atoms with E-state index in [0.29, 0.717) is 11.4 Å². The van der Waals surface area contributed by atoms with Crippen LogP contribution in [0.25, 0.3) is 12.2 Å². The first-order valence-corrected chi connectivity index (χ1v) is 9.46. The summed E-state index contributed by atoms with van der Waals surface area (Å²) in [7, 11) is -3.85. The number of nitrogens with two attached hydrogens (primary N) is 1. The second kappa shape index (κ2) is 7.84. The van der Waals surface area contributed by atoms with E-state index in [1.54, 1.807) is 30.4 Å². The highest BCUT2D eigenvalue weighted by atomic mass is 32.2. The highest BCUT2D eigenvalue weighted by Gasteiger charge is 2.15. The van der Waals surface area contributed by atoms with E-state index in [-0.39, 0.29) is 16.5 Å². The van der Waals surface area contributed by atoms with Gasteiger partial charge in [0.15, 0.2) is 0 Å². The van der Waals surface area contributed by atoms with Gasteiger partial charge in [-0.25, -0.2) is 23.1 Å². The van der Waals surface area contributed by atoms with E-state index in [0.717, 1.165) is 5.56 Å². The van der Waals surface area contributed by atoms with E-state index >= 15 is 0 Å². The largest absolute Gasteiger partial charge is 0.399 e. The van der Waals surface area contributed by atoms with Gasteiger partial charge < -0.3 is 5.73 Å². The minimum Gasteiger partial charge on any atom is -0.399 e. The van der Waals surface area contributed by atoms with Gasteiger partial charge in [-0.2, -0.15) is 0 Å². The Morgan fingerprint density at radius 3 is 2.32 bits per heavy atom. The first-order valence-electron chi connectivity index (χ1n) is 7.97. The smallest absolute Gasteiger partial charge is 0.269 e. The van der Waals surface area contributed by atoms with Crippen molar-refractivity contribution in [3.05, 3.63) is 82.2 Å². The zero-order chi connectivity index (χ0) is 20.1. The van der Waals surface area contributed by atoms with Gasteiger partial charge in [0.05, 0.1) is 15.5 Å². The number of rotatable bonds is 6. The highest BCUT2D eigenvalue weighted by molar-refractivity contribution is 7.92. The molecule has 10 heteroatoms. The molecule has 0 bridgehead atoms. The van der Waals surface area contributed by atoms with E-state index in [1.165, 1.54) is 42.6 Å². The number of nitrogens with one attached hydrogen (secondary N) is 1. The molecule has 0 spiro atoms. The number of aromatic nitrogens is 2. The monoisotopic (exact) mass is 397 g/mol. The number of nitrogen functional groups attached to an aromatic ring is 1. The summed E-state index contributed by atoms with van der Waals surface area (Å²) in [5.41, 5.74) is 7.21. The third-order valence-corrected chi connectivity index (χ3v) is 4.99. The maximum absolute atomic E-state index is 12.4. The average molecular weight is 397 g/mol. The Morgan fingerprint density at radius 1 is 1.00 bits per heavy atom. The summed E-state index contributed by atoms with van der Waals surface area (Å²) in [6.45, 7) is 0. The van der Waals surface area contributed by atoms with Gasteiger partial charge in [0.25, 0.3) is 15.7 Å². The number of nitro groups is 1. The average Bonchev–Trinajstić information content (AvgIpc) is 2.67. The number of sulfonamides is 1. The van der Waals surface area contributed by atoms with Crippen molar-refractivity contribution in [2.45, 2.75) is 4.90 Å². The van der Waals surface area contributed by atoms with Crippen LogP contribution in [0, 0.1) is 10.1 Å². The summed E-state index contributed by atoms with van der Waals surface area (Å²) in [6, 6.07) is 13.3. The van der Waals surface area contributed by atoms with Crippen LogP contribution < -0.4 is 10.5 Å². The Bertz CT molecular complexity index is 1130. The predicted octanol–water partition coefficient (Wildman–Crippen LogP) is 2.94. The van der Waals surface area contributed by atoms with Crippen LogP contribution in [0.4, 0.5) is 17.3 Å². The molecule has 0 amide bonds. The van der Waals surface area contributed by atoms with Crippen molar-refractivity contribution in [1.82, 2.24) is 9.97 Å². The van der Waals surface area contributed by atoms with Crippen LogP contribution in [-0.4, -0.2) is 23.3 Å². The highest BCUT2D eigenvalue weighted by Crippen LogP contribution is 2.16. The van der Waals surface area contributed by atoms with Crippen LogP contribution in [0.15, 0.2) is 65.7 Å². The van der Waals surface area contributed by atoms with Crippen LogP contribution in [0.1, 0.15) is 11.3 Å². The lowest BCUT2D eigenvalue weighted by Crippen LogP contribution is -2.15. The second-order valence-corrected chi connectivity index (χ2v) is 7.34. The lowest BCUT2D eigenvalue weighted by Gasteiger charge is -2.07. The van der Waals surface area contributed by atoms with Crippen LogP contribution >= 0.6 is 0 Å². The van der Waals surface area contributed by atoms with Gasteiger partial charge in [0.1, 0.15) is 0 Å². The zero-order valence-electron chi connectivity index (χ0n) is 14.4. The van der Waals surface area contributed by atoms with Crippen molar-refractivity contribution in [2.75, 3.05) is 10.5 Å². The van der Waals surface area contributed by atoms with E-state index in [4.69, 9.17) is 5.73 Å². The summed E-state index contributed by atoms with van der Waals surface area (Å²) in [5, 5.41) is 10.7. The van der Waals surface area contributed by atoms with Gasteiger partial charge in [-0.1, -0.05) is 6.08 Å². The summed E-state index contributed by atoms with van der Waals surface area (Å²) in [4.78, 5) is 18.3. The van der Waals surface area contributed by atoms with Gasteiger partial charge in [-0.3, -0.25) is 10.1 Å². The third-order valence-electron chi connectivity index (χ3n) is 3.64. The molecule has 2 aromatic carbocycles. The Hall–Kier alpha value is -3.79. The number of benzene rings is 2. The predicted molar refractivity (Wildman–Crippen MR) is 106 cm³/mol. The molecule has 3 N–H and O–H groups in total. The summed E-state index contributed by atoms with van der Waals surface area (Å²) in [5.74, 6) is -0.0809. The number of nitro benzene ring substituents is 1. The van der Waals surface area contributed by atoms with E-state index in [1.807, 2.05) is 0 Å². The Labute approximate surface area is 160 Å². The molecule has 0 saturated carbocycles. The molecule has 142 valence electrons. The summed E-state index contributed by atoms with van der Waals surface area (Å²) in [6.07, 6.45) is 4.76. The Balaban J connectivity index is 1.76. The van der Waals surface area contributed by atoms with E-state index in [9.17, 15) is 18.5 Å². The van der Waals surface area contributed by atoms with Crippen LogP contribution in [-0.2, 0) is 10.0 Å². The van der Waals surface area contributed by atoms with Crippen molar-refractivity contribution in [3.8, 4) is 0 Å².